The molecule has 56 valence electrons. The highest BCUT2D eigenvalue weighted by Gasteiger charge is 1.77. The number of carbonyl (C=O) groups is 1. The molecule has 0 unspecified atom stereocenters. The van der Waals surface area contributed by atoms with E-state index in [0.717, 1.165) is 6.29 Å². The van der Waals surface area contributed by atoms with Gasteiger partial charge in [0, 0.05) is 6.20 Å². The second-order valence-corrected chi connectivity index (χ2v) is 2.01. The molecule has 0 fully saturated rings. The number of aromatic nitrogens is 1. The largest absolute Gasteiger partial charge is 0.359 e. The molecule has 11 heavy (non-hydrogen) atoms. The second kappa shape index (κ2) is 4.28. The van der Waals surface area contributed by atoms with Crippen molar-refractivity contribution < 1.29 is 4.79 Å². The van der Waals surface area contributed by atoms with Gasteiger partial charge < -0.3 is 4.98 Å². The first-order valence-electron chi connectivity index (χ1n) is 3.35. The quantitative estimate of drug-likeness (QED) is 0.605. The minimum atomic E-state index is 0.557. The van der Waals surface area contributed by atoms with Crippen molar-refractivity contribution >= 4 is 6.29 Å². The van der Waals surface area contributed by atoms with Gasteiger partial charge in [-0.25, -0.2) is 0 Å². The number of hydrogen-bond acceptors (Lipinski definition) is 1. The fraction of sp³-hybridized carbons (Fsp3) is 0. The van der Waals surface area contributed by atoms with Crippen LogP contribution >= 0.6 is 0 Å². The van der Waals surface area contributed by atoms with Crippen molar-refractivity contribution in [3.8, 4) is 0 Å². The molecule has 1 rings (SSSR count). The Balaban J connectivity index is 3.16. The summed E-state index contributed by atoms with van der Waals surface area (Å²) in [6.07, 6.45) is 2.49. The lowest BCUT2D eigenvalue weighted by molar-refractivity contribution is 0.111. The van der Waals surface area contributed by atoms with Gasteiger partial charge >= 0.3 is 0 Å². The van der Waals surface area contributed by atoms with Gasteiger partial charge in [-0.05, 0) is 12.1 Å². The molecule has 0 aliphatic heterocycles. The van der Waals surface area contributed by atoms with E-state index in [1.54, 1.807) is 18.3 Å². The number of aromatic amines is 1. The standard InChI is InChI=1S/C9H9NO/c11-8-9-6-4-2-1-3-5-7-10-9/h1-8,10H. The Labute approximate surface area is 65.2 Å². The summed E-state index contributed by atoms with van der Waals surface area (Å²) in [4.78, 5) is 13.1. The molecule has 0 aromatic carbocycles. The zero-order valence-electron chi connectivity index (χ0n) is 6.03. The second-order valence-electron chi connectivity index (χ2n) is 2.01. The van der Waals surface area contributed by atoms with E-state index in [1.807, 2.05) is 24.3 Å². The highest BCUT2D eigenvalue weighted by Crippen LogP contribution is 1.84. The average Bonchev–Trinajstić information content (AvgIpc) is 2.16. The lowest BCUT2D eigenvalue weighted by atomic mass is 10.4. The fourth-order valence-electron chi connectivity index (χ4n) is 0.673. The molecule has 2 nitrogen and oxygen atoms in total. The highest BCUT2D eigenvalue weighted by atomic mass is 16.1. The third kappa shape index (κ3) is 2.67. The normalized spacial score (nSPS) is 8.36. The summed E-state index contributed by atoms with van der Waals surface area (Å²) in [5, 5.41) is 0. The Hall–Kier alpha value is -1.57. The lowest BCUT2D eigenvalue weighted by Gasteiger charge is -1.79. The zero-order valence-corrected chi connectivity index (χ0v) is 6.03. The molecule has 0 saturated heterocycles. The third-order valence-electron chi connectivity index (χ3n) is 1.19. The number of nitrogens with one attached hydrogen (secondary N) is 1. The van der Waals surface area contributed by atoms with Crippen molar-refractivity contribution in [1.82, 2.24) is 4.98 Å². The summed E-state index contributed by atoms with van der Waals surface area (Å²) in [6.45, 7) is 0. The maximum atomic E-state index is 10.3. The van der Waals surface area contributed by atoms with Gasteiger partial charge in [-0.15, -0.1) is 0 Å². The van der Waals surface area contributed by atoms with Gasteiger partial charge in [0.1, 0.15) is 0 Å². The molecule has 0 saturated carbocycles. The van der Waals surface area contributed by atoms with Crippen LogP contribution in [0.25, 0.3) is 0 Å². The Bertz CT molecular complexity index is 253. The van der Waals surface area contributed by atoms with E-state index in [-0.39, 0.29) is 0 Å². The van der Waals surface area contributed by atoms with E-state index in [1.165, 1.54) is 0 Å². The number of aldehydes is 1. The monoisotopic (exact) mass is 147 g/mol. The third-order valence-corrected chi connectivity index (χ3v) is 1.19. The first-order chi connectivity index (χ1) is 5.43. The van der Waals surface area contributed by atoms with Crippen molar-refractivity contribution in [1.29, 1.82) is 0 Å². The first-order valence-corrected chi connectivity index (χ1v) is 3.35. The molecular weight excluding hydrogens is 138 g/mol. The molecule has 1 heterocycles. The summed E-state index contributed by atoms with van der Waals surface area (Å²) >= 11 is 0. The smallest absolute Gasteiger partial charge is 0.166 e. The number of H-pyrrole nitrogens is 1. The molecule has 0 aliphatic rings. The molecule has 0 bridgehead atoms. The molecule has 0 aliphatic carbocycles. The molecule has 0 spiro atoms. The van der Waals surface area contributed by atoms with Crippen molar-refractivity contribution in [3.63, 3.8) is 0 Å². The molecule has 1 N–H and O–H groups in total. The van der Waals surface area contributed by atoms with E-state index in [9.17, 15) is 4.79 Å². The maximum Gasteiger partial charge on any atom is 0.166 e. The Kier molecular flexibility index (Phi) is 2.93. The molecule has 0 radical (unpaired) electrons. The van der Waals surface area contributed by atoms with Crippen LogP contribution in [0, 0.1) is 0 Å². The Morgan fingerprint density at radius 1 is 1.09 bits per heavy atom. The molecular formula is C9H9NO. The maximum absolute atomic E-state index is 10.3. The summed E-state index contributed by atoms with van der Waals surface area (Å²) in [5.41, 5.74) is 0.557. The van der Waals surface area contributed by atoms with Crippen LogP contribution in [0.1, 0.15) is 10.5 Å². The fourth-order valence-corrected chi connectivity index (χ4v) is 0.673. The molecule has 1 aromatic heterocycles. The predicted molar refractivity (Wildman–Crippen MR) is 43.8 cm³/mol. The Morgan fingerprint density at radius 2 is 1.82 bits per heavy atom. The van der Waals surface area contributed by atoms with Crippen LogP contribution in [0.15, 0.2) is 42.6 Å². The number of carbonyl (C=O) groups excluding carboxylic acids is 1. The molecule has 1 aromatic rings. The molecule has 0 amide bonds. The van der Waals surface area contributed by atoms with Gasteiger partial charge in [0.2, 0.25) is 0 Å². The van der Waals surface area contributed by atoms with E-state index in [4.69, 9.17) is 0 Å². The van der Waals surface area contributed by atoms with Crippen molar-refractivity contribution in [2.45, 2.75) is 0 Å². The zero-order chi connectivity index (χ0) is 7.94. The van der Waals surface area contributed by atoms with Crippen LogP contribution in [-0.2, 0) is 0 Å². The van der Waals surface area contributed by atoms with Gasteiger partial charge in [0.05, 0.1) is 5.69 Å². The van der Waals surface area contributed by atoms with Gasteiger partial charge in [-0.2, -0.15) is 0 Å². The van der Waals surface area contributed by atoms with Gasteiger partial charge in [-0.1, -0.05) is 24.3 Å². The minimum Gasteiger partial charge on any atom is -0.359 e. The summed E-state index contributed by atoms with van der Waals surface area (Å²) in [5.74, 6) is 0. The van der Waals surface area contributed by atoms with Crippen LogP contribution in [0.2, 0.25) is 0 Å². The van der Waals surface area contributed by atoms with Crippen molar-refractivity contribution in [2.24, 2.45) is 0 Å². The van der Waals surface area contributed by atoms with Crippen LogP contribution in [0.3, 0.4) is 0 Å². The topological polar surface area (TPSA) is 32.9 Å². The van der Waals surface area contributed by atoms with Gasteiger partial charge in [0.15, 0.2) is 6.29 Å². The average molecular weight is 147 g/mol. The van der Waals surface area contributed by atoms with E-state index >= 15 is 0 Å². The van der Waals surface area contributed by atoms with E-state index in [2.05, 4.69) is 4.98 Å². The van der Waals surface area contributed by atoms with Crippen LogP contribution < -0.4 is 0 Å². The molecule has 0 atom stereocenters. The number of rotatable bonds is 1. The molecule has 2 heteroatoms. The summed E-state index contributed by atoms with van der Waals surface area (Å²) < 4.78 is 0. The predicted octanol–water partition coefficient (Wildman–Crippen LogP) is 1.95. The van der Waals surface area contributed by atoms with Gasteiger partial charge in [-0.3, -0.25) is 4.79 Å². The summed E-state index contributed by atoms with van der Waals surface area (Å²) in [7, 11) is 0. The van der Waals surface area contributed by atoms with Crippen LogP contribution in [0.4, 0.5) is 0 Å². The Morgan fingerprint density at radius 3 is 2.64 bits per heavy atom. The van der Waals surface area contributed by atoms with Crippen LogP contribution in [0.5, 0.6) is 0 Å². The van der Waals surface area contributed by atoms with Gasteiger partial charge in [0.25, 0.3) is 0 Å². The number of hydrogen-bond donors (Lipinski definition) is 1. The van der Waals surface area contributed by atoms with E-state index in [0.29, 0.717) is 5.69 Å². The van der Waals surface area contributed by atoms with Crippen molar-refractivity contribution in [3.05, 3.63) is 48.3 Å². The van der Waals surface area contributed by atoms with Crippen LogP contribution in [-0.4, -0.2) is 11.3 Å². The van der Waals surface area contributed by atoms with E-state index < -0.39 is 0 Å². The summed E-state index contributed by atoms with van der Waals surface area (Å²) in [6, 6.07) is 11.0. The van der Waals surface area contributed by atoms with Crippen molar-refractivity contribution in [2.75, 3.05) is 0 Å². The SMILES string of the molecule is O=Cc1ccccccc[nH]1. The lowest BCUT2D eigenvalue weighted by Crippen LogP contribution is -1.77. The highest BCUT2D eigenvalue weighted by molar-refractivity contribution is 5.70. The first kappa shape index (κ1) is 7.54. The minimum absolute atomic E-state index is 0.557.